The zero-order valence-electron chi connectivity index (χ0n) is 20.0. The molecular formula is C27H29FN4O3. The Labute approximate surface area is 203 Å². The van der Waals surface area contributed by atoms with Gasteiger partial charge in [-0.05, 0) is 50.4 Å². The van der Waals surface area contributed by atoms with Crippen molar-refractivity contribution in [1.29, 1.82) is 0 Å². The van der Waals surface area contributed by atoms with Gasteiger partial charge in [0, 0.05) is 46.9 Å². The summed E-state index contributed by atoms with van der Waals surface area (Å²) in [6, 6.07) is 10.8. The van der Waals surface area contributed by atoms with Crippen LogP contribution in [0.1, 0.15) is 41.2 Å². The number of phenolic OH excluding ortho intramolecular Hbond substituents is 1. The van der Waals surface area contributed by atoms with E-state index in [1.807, 2.05) is 0 Å². The Bertz CT molecular complexity index is 1310. The first-order chi connectivity index (χ1) is 16.8. The highest BCUT2D eigenvalue weighted by Gasteiger charge is 2.28. The highest BCUT2D eigenvalue weighted by atomic mass is 19.1. The Kier molecular flexibility index (Phi) is 7.02. The van der Waals surface area contributed by atoms with Crippen molar-refractivity contribution in [2.24, 2.45) is 0 Å². The number of likely N-dealkylation sites (N-methyl/N-ethyl adjacent to an activating group) is 1. The quantitative estimate of drug-likeness (QED) is 0.362. The number of anilines is 1. The summed E-state index contributed by atoms with van der Waals surface area (Å²) < 4.78 is 13.9. The summed E-state index contributed by atoms with van der Waals surface area (Å²) in [4.78, 5) is 31.4. The van der Waals surface area contributed by atoms with E-state index in [1.165, 1.54) is 18.2 Å². The first-order valence-electron chi connectivity index (χ1n) is 11.7. The number of nitrogens with one attached hydrogen (secondary N) is 3. The van der Waals surface area contributed by atoms with Gasteiger partial charge in [0.05, 0.1) is 11.1 Å². The number of aromatic nitrogens is 1. The lowest BCUT2D eigenvalue weighted by Gasteiger charge is -2.18. The van der Waals surface area contributed by atoms with Crippen molar-refractivity contribution in [3.63, 3.8) is 0 Å². The Morgan fingerprint density at radius 1 is 1.14 bits per heavy atom. The molecule has 0 bridgehead atoms. The summed E-state index contributed by atoms with van der Waals surface area (Å²) in [7, 11) is 0. The standard InChI is InChI=1S/C27H29FN4O3/c1-4-32(5-2)13-12-29-27(35)24-16(3)30-22(25(24)18-8-6-7-9-23(18)33)15-20-19-14-17(28)10-11-21(19)31-26(20)34/h6-11,14-15,30,33H,4-5,12-13H2,1-3H3,(H,29,35)(H,31,34)/b20-15-. The van der Waals surface area contributed by atoms with Crippen LogP contribution in [0.5, 0.6) is 5.75 Å². The average molecular weight is 477 g/mol. The molecule has 0 radical (unpaired) electrons. The van der Waals surface area contributed by atoms with E-state index in [-0.39, 0.29) is 23.1 Å². The van der Waals surface area contributed by atoms with E-state index < -0.39 is 5.82 Å². The van der Waals surface area contributed by atoms with E-state index in [0.717, 1.165) is 13.1 Å². The van der Waals surface area contributed by atoms with Gasteiger partial charge in [-0.2, -0.15) is 0 Å². The number of rotatable bonds is 8. The number of fused-ring (bicyclic) bond motifs is 1. The molecule has 1 aliphatic rings. The third-order valence-electron chi connectivity index (χ3n) is 6.28. The van der Waals surface area contributed by atoms with Crippen LogP contribution in [0.2, 0.25) is 0 Å². The third kappa shape index (κ3) is 4.83. The summed E-state index contributed by atoms with van der Waals surface area (Å²) in [5, 5.41) is 16.3. The molecule has 3 aromatic rings. The fourth-order valence-electron chi connectivity index (χ4n) is 4.41. The molecule has 1 aromatic heterocycles. The van der Waals surface area contributed by atoms with Gasteiger partial charge in [-0.1, -0.05) is 32.0 Å². The zero-order valence-corrected chi connectivity index (χ0v) is 20.0. The molecule has 0 unspecified atom stereocenters. The molecule has 2 heterocycles. The first kappa shape index (κ1) is 24.2. The van der Waals surface area contributed by atoms with Crippen molar-refractivity contribution in [2.45, 2.75) is 20.8 Å². The second-order valence-corrected chi connectivity index (χ2v) is 8.42. The first-order valence-corrected chi connectivity index (χ1v) is 11.7. The lowest BCUT2D eigenvalue weighted by molar-refractivity contribution is -0.110. The van der Waals surface area contributed by atoms with E-state index in [0.29, 0.717) is 52.4 Å². The van der Waals surface area contributed by atoms with Crippen LogP contribution in [0.15, 0.2) is 42.5 Å². The third-order valence-corrected chi connectivity index (χ3v) is 6.28. The van der Waals surface area contributed by atoms with Crippen molar-refractivity contribution in [2.75, 3.05) is 31.5 Å². The highest BCUT2D eigenvalue weighted by molar-refractivity contribution is 6.35. The van der Waals surface area contributed by atoms with Gasteiger partial charge >= 0.3 is 0 Å². The zero-order chi connectivity index (χ0) is 25.1. The molecule has 0 atom stereocenters. The number of aryl methyl sites for hydroxylation is 1. The normalized spacial score (nSPS) is 13.9. The summed E-state index contributed by atoms with van der Waals surface area (Å²) in [6.07, 6.45) is 1.60. The molecule has 35 heavy (non-hydrogen) atoms. The van der Waals surface area contributed by atoms with Crippen LogP contribution in [0.4, 0.5) is 10.1 Å². The van der Waals surface area contributed by atoms with Crippen LogP contribution in [0.25, 0.3) is 22.8 Å². The number of H-pyrrole nitrogens is 1. The lowest BCUT2D eigenvalue weighted by atomic mass is 9.96. The second kappa shape index (κ2) is 10.1. The molecule has 4 N–H and O–H groups in total. The van der Waals surface area contributed by atoms with Gasteiger partial charge in [-0.15, -0.1) is 0 Å². The molecule has 2 aromatic carbocycles. The minimum atomic E-state index is -0.456. The van der Waals surface area contributed by atoms with Crippen LogP contribution in [-0.2, 0) is 4.79 Å². The van der Waals surface area contributed by atoms with E-state index in [4.69, 9.17) is 0 Å². The van der Waals surface area contributed by atoms with Crippen LogP contribution < -0.4 is 10.6 Å². The summed E-state index contributed by atoms with van der Waals surface area (Å²) in [5.74, 6) is -1.10. The second-order valence-electron chi connectivity index (χ2n) is 8.42. The van der Waals surface area contributed by atoms with Crippen LogP contribution in [0, 0.1) is 12.7 Å². The Morgan fingerprint density at radius 3 is 2.60 bits per heavy atom. The van der Waals surface area contributed by atoms with E-state index in [2.05, 4.69) is 34.4 Å². The van der Waals surface area contributed by atoms with Crippen LogP contribution in [-0.4, -0.2) is 53.0 Å². The maximum absolute atomic E-state index is 13.9. The molecule has 2 amide bonds. The van der Waals surface area contributed by atoms with Crippen molar-refractivity contribution < 1.29 is 19.1 Å². The number of benzene rings is 2. The predicted octanol–water partition coefficient (Wildman–Crippen LogP) is 4.40. The van der Waals surface area contributed by atoms with Crippen molar-refractivity contribution in [3.8, 4) is 16.9 Å². The molecule has 0 saturated carbocycles. The minimum absolute atomic E-state index is 0.00524. The molecular weight excluding hydrogens is 447 g/mol. The Balaban J connectivity index is 1.79. The van der Waals surface area contributed by atoms with Crippen LogP contribution in [0.3, 0.4) is 0 Å². The summed E-state index contributed by atoms with van der Waals surface area (Å²) in [6.45, 7) is 8.88. The number of hydrogen-bond acceptors (Lipinski definition) is 4. The number of aromatic hydroxyl groups is 1. The molecule has 0 fully saturated rings. The number of hydrogen-bond donors (Lipinski definition) is 4. The highest BCUT2D eigenvalue weighted by Crippen LogP contribution is 2.39. The number of halogens is 1. The smallest absolute Gasteiger partial charge is 0.256 e. The Morgan fingerprint density at radius 2 is 1.89 bits per heavy atom. The van der Waals surface area contributed by atoms with Gasteiger partial charge in [0.15, 0.2) is 0 Å². The maximum atomic E-state index is 13.9. The molecule has 7 nitrogen and oxygen atoms in total. The van der Waals surface area contributed by atoms with Gasteiger partial charge in [0.1, 0.15) is 11.6 Å². The topological polar surface area (TPSA) is 97.5 Å². The number of nitrogens with zero attached hydrogens (tertiary/aromatic N) is 1. The summed E-state index contributed by atoms with van der Waals surface area (Å²) >= 11 is 0. The number of carbonyl (C=O) groups is 2. The number of amides is 2. The SMILES string of the molecule is CCN(CC)CCNC(=O)c1c(C)[nH]c(/C=C2\C(=O)Nc3ccc(F)cc32)c1-c1ccccc1O. The van der Waals surface area contributed by atoms with Crippen LogP contribution >= 0.6 is 0 Å². The van der Waals surface area contributed by atoms with Gasteiger partial charge in [0.25, 0.3) is 11.8 Å². The fourth-order valence-corrected chi connectivity index (χ4v) is 4.41. The van der Waals surface area contributed by atoms with Crippen molar-refractivity contribution >= 4 is 29.2 Å². The number of phenols is 1. The fraction of sp³-hybridized carbons (Fsp3) is 0.259. The molecule has 4 rings (SSSR count). The molecule has 1 aliphatic heterocycles. The molecule has 0 aliphatic carbocycles. The van der Waals surface area contributed by atoms with Crippen molar-refractivity contribution in [3.05, 3.63) is 70.8 Å². The van der Waals surface area contributed by atoms with E-state index in [9.17, 15) is 19.1 Å². The number of carbonyl (C=O) groups excluding carboxylic acids is 2. The number of aromatic amines is 1. The molecule has 8 heteroatoms. The van der Waals surface area contributed by atoms with Crippen molar-refractivity contribution in [1.82, 2.24) is 15.2 Å². The predicted molar refractivity (Wildman–Crippen MR) is 136 cm³/mol. The minimum Gasteiger partial charge on any atom is -0.507 e. The maximum Gasteiger partial charge on any atom is 0.256 e. The Hall–Kier alpha value is -3.91. The summed E-state index contributed by atoms with van der Waals surface area (Å²) in [5.41, 5.74) is 3.61. The molecule has 0 saturated heterocycles. The van der Waals surface area contributed by atoms with E-state index >= 15 is 0 Å². The largest absolute Gasteiger partial charge is 0.507 e. The van der Waals surface area contributed by atoms with Gasteiger partial charge in [-0.25, -0.2) is 4.39 Å². The van der Waals surface area contributed by atoms with Gasteiger partial charge in [0.2, 0.25) is 0 Å². The average Bonchev–Trinajstić information content (AvgIpc) is 3.32. The lowest BCUT2D eigenvalue weighted by Crippen LogP contribution is -2.35. The monoisotopic (exact) mass is 476 g/mol. The molecule has 0 spiro atoms. The van der Waals surface area contributed by atoms with E-state index in [1.54, 1.807) is 37.3 Å². The number of para-hydroxylation sites is 1. The van der Waals surface area contributed by atoms with Gasteiger partial charge < -0.3 is 25.6 Å². The molecule has 182 valence electrons. The van der Waals surface area contributed by atoms with Gasteiger partial charge in [-0.3, -0.25) is 9.59 Å².